The van der Waals surface area contributed by atoms with Crippen molar-refractivity contribution in [2.75, 3.05) is 0 Å². The van der Waals surface area contributed by atoms with E-state index in [1.165, 1.54) is 64.2 Å². The van der Waals surface area contributed by atoms with Crippen LogP contribution in [0.25, 0.3) is 80.7 Å². The number of hydrogen-bond acceptors (Lipinski definition) is 5. The van der Waals surface area contributed by atoms with Gasteiger partial charge in [-0.05, 0) is 52.6 Å². The normalized spacial score (nSPS) is 17.4. The van der Waals surface area contributed by atoms with Gasteiger partial charge in [-0.15, -0.1) is 11.3 Å². The highest BCUT2D eigenvalue weighted by Crippen LogP contribution is 2.45. The molecule has 11 aromatic rings. The number of rotatable bonds is 5. The van der Waals surface area contributed by atoms with Crippen molar-refractivity contribution in [2.45, 2.75) is 18.5 Å². The van der Waals surface area contributed by atoms with Gasteiger partial charge in [-0.2, -0.15) is 0 Å². The van der Waals surface area contributed by atoms with Crippen LogP contribution in [0.2, 0.25) is 0 Å². The average Bonchev–Trinajstić information content (AvgIpc) is 3.96. The van der Waals surface area contributed by atoms with Crippen molar-refractivity contribution in [3.8, 4) is 16.8 Å². The Kier molecular flexibility index (Phi) is 7.46. The molecule has 3 aromatic heterocycles. The fourth-order valence-electron chi connectivity index (χ4n) is 9.13. The average molecular weight is 753 g/mol. The topological polar surface area (TPSA) is 54.2 Å². The zero-order valence-corrected chi connectivity index (χ0v) is 31.6. The Morgan fingerprint density at radius 3 is 1.63 bits per heavy atom. The van der Waals surface area contributed by atoms with E-state index in [0.717, 1.165) is 33.2 Å². The van der Waals surface area contributed by atoms with Crippen molar-refractivity contribution in [3.05, 3.63) is 199 Å². The van der Waals surface area contributed by atoms with Crippen LogP contribution in [0.4, 0.5) is 0 Å². The predicted molar refractivity (Wildman–Crippen MR) is 237 cm³/mol. The fraction of sp³-hybridized carbons (Fsp3) is 0.0588. The molecule has 0 radical (unpaired) electrons. The number of benzene rings is 8. The predicted octanol–water partition coefficient (Wildman–Crippen LogP) is 12.9. The largest absolute Gasteiger partial charge is 0.453 e. The van der Waals surface area contributed by atoms with Crippen molar-refractivity contribution in [1.82, 2.24) is 20.5 Å². The lowest BCUT2D eigenvalue weighted by molar-refractivity contribution is 0.203. The van der Waals surface area contributed by atoms with E-state index in [1.807, 2.05) is 11.3 Å². The monoisotopic (exact) mass is 752 g/mol. The first-order chi connectivity index (χ1) is 28.3. The van der Waals surface area contributed by atoms with Crippen molar-refractivity contribution >= 4 is 75.3 Å². The van der Waals surface area contributed by atoms with Gasteiger partial charge in [0.15, 0.2) is 5.58 Å². The molecule has 0 bridgehead atoms. The molecule has 2 unspecified atom stereocenters. The third kappa shape index (κ3) is 5.19. The maximum absolute atomic E-state index is 7.08. The lowest BCUT2D eigenvalue weighted by atomic mass is 9.97. The summed E-state index contributed by atoms with van der Waals surface area (Å²) in [4.78, 5) is 0. The van der Waals surface area contributed by atoms with Gasteiger partial charge in [0.1, 0.15) is 5.58 Å². The Labute approximate surface area is 332 Å². The van der Waals surface area contributed by atoms with Crippen molar-refractivity contribution in [3.63, 3.8) is 0 Å². The molecule has 0 aliphatic carbocycles. The summed E-state index contributed by atoms with van der Waals surface area (Å²) < 4.78 is 12.0. The van der Waals surface area contributed by atoms with Crippen LogP contribution in [-0.4, -0.2) is 4.57 Å². The van der Waals surface area contributed by atoms with Gasteiger partial charge >= 0.3 is 0 Å². The first kappa shape index (κ1) is 32.7. The minimum absolute atomic E-state index is 0.0212. The molecule has 0 amide bonds. The molecule has 272 valence electrons. The van der Waals surface area contributed by atoms with E-state index in [2.05, 4.69) is 203 Å². The molecule has 1 saturated heterocycles. The first-order valence-electron chi connectivity index (χ1n) is 19.5. The highest BCUT2D eigenvalue weighted by Gasteiger charge is 2.30. The van der Waals surface area contributed by atoms with Crippen LogP contribution < -0.4 is 16.0 Å². The summed E-state index contributed by atoms with van der Waals surface area (Å²) in [7, 11) is 0. The lowest BCUT2D eigenvalue weighted by Gasteiger charge is -2.39. The first-order valence-corrected chi connectivity index (χ1v) is 20.3. The van der Waals surface area contributed by atoms with Gasteiger partial charge in [-0.25, -0.2) is 0 Å². The van der Waals surface area contributed by atoms with Gasteiger partial charge in [-0.1, -0.05) is 152 Å². The third-order valence-electron chi connectivity index (χ3n) is 11.7. The van der Waals surface area contributed by atoms with Gasteiger partial charge in [-0.3, -0.25) is 16.0 Å². The summed E-state index contributed by atoms with van der Waals surface area (Å²) in [6.45, 7) is 0. The molecular formula is C51H36N4OS. The van der Waals surface area contributed by atoms with Gasteiger partial charge in [0.05, 0.1) is 35.2 Å². The van der Waals surface area contributed by atoms with Crippen LogP contribution in [-0.2, 0) is 0 Å². The minimum Gasteiger partial charge on any atom is -0.453 e. The molecule has 4 heterocycles. The van der Waals surface area contributed by atoms with Crippen LogP contribution in [0.1, 0.15) is 35.2 Å². The smallest absolute Gasteiger partial charge is 0.159 e. The van der Waals surface area contributed by atoms with E-state index in [0.29, 0.717) is 0 Å². The second kappa shape index (κ2) is 13.0. The molecule has 2 atom stereocenters. The molecule has 1 aliphatic rings. The number of para-hydroxylation sites is 4. The van der Waals surface area contributed by atoms with Crippen LogP contribution in [0.5, 0.6) is 0 Å². The quantitative estimate of drug-likeness (QED) is 0.164. The summed E-state index contributed by atoms with van der Waals surface area (Å²) >= 11 is 1.85. The fourth-order valence-corrected chi connectivity index (χ4v) is 10.3. The van der Waals surface area contributed by atoms with Crippen LogP contribution in [0.15, 0.2) is 186 Å². The van der Waals surface area contributed by atoms with Crippen LogP contribution in [0.3, 0.4) is 0 Å². The van der Waals surface area contributed by atoms with E-state index >= 15 is 0 Å². The molecule has 57 heavy (non-hydrogen) atoms. The van der Waals surface area contributed by atoms with E-state index in [1.54, 1.807) is 0 Å². The van der Waals surface area contributed by atoms with E-state index in [9.17, 15) is 0 Å². The number of nitrogens with one attached hydrogen (secondary N) is 3. The zero-order valence-electron chi connectivity index (χ0n) is 30.8. The highest BCUT2D eigenvalue weighted by molar-refractivity contribution is 7.26. The molecule has 12 rings (SSSR count). The summed E-state index contributed by atoms with van der Waals surface area (Å²) in [5.74, 6) is 0. The number of furan rings is 1. The molecule has 6 heteroatoms. The van der Waals surface area contributed by atoms with Crippen molar-refractivity contribution in [2.24, 2.45) is 0 Å². The molecule has 5 nitrogen and oxygen atoms in total. The van der Waals surface area contributed by atoms with E-state index < -0.39 is 0 Å². The van der Waals surface area contributed by atoms with Gasteiger partial charge in [0, 0.05) is 47.3 Å². The Morgan fingerprint density at radius 2 is 0.947 bits per heavy atom. The maximum atomic E-state index is 7.08. The van der Waals surface area contributed by atoms with Gasteiger partial charge in [0.2, 0.25) is 0 Å². The number of hydrogen-bond donors (Lipinski definition) is 3. The number of fused-ring (bicyclic) bond motifs is 9. The third-order valence-corrected chi connectivity index (χ3v) is 12.9. The molecule has 0 saturated carbocycles. The molecular weight excluding hydrogens is 717 g/mol. The van der Waals surface area contributed by atoms with Crippen LogP contribution >= 0.6 is 11.3 Å². The lowest BCUT2D eigenvalue weighted by Crippen LogP contribution is -2.54. The van der Waals surface area contributed by atoms with Crippen LogP contribution in [0, 0.1) is 0 Å². The second-order valence-corrected chi connectivity index (χ2v) is 16.0. The van der Waals surface area contributed by atoms with Crippen molar-refractivity contribution in [1.29, 1.82) is 0 Å². The van der Waals surface area contributed by atoms with Gasteiger partial charge in [0.25, 0.3) is 0 Å². The summed E-state index contributed by atoms with van der Waals surface area (Å²) in [6, 6.07) is 65.3. The maximum Gasteiger partial charge on any atom is 0.159 e. The number of thiophene rings is 1. The number of aromatic nitrogens is 1. The minimum atomic E-state index is -0.0659. The summed E-state index contributed by atoms with van der Waals surface area (Å²) in [5.41, 5.74) is 11.1. The second-order valence-electron chi connectivity index (χ2n) is 15.0. The summed E-state index contributed by atoms with van der Waals surface area (Å²) in [5, 5.41) is 18.7. The van der Waals surface area contributed by atoms with E-state index in [4.69, 9.17) is 4.42 Å². The molecule has 0 spiro atoms. The summed E-state index contributed by atoms with van der Waals surface area (Å²) in [6.07, 6.45) is -0.108. The Morgan fingerprint density at radius 1 is 0.404 bits per heavy atom. The number of nitrogens with zero attached hydrogens (tertiary/aromatic N) is 1. The molecule has 8 aromatic carbocycles. The highest BCUT2D eigenvalue weighted by atomic mass is 32.1. The zero-order chi connectivity index (χ0) is 37.5. The Bertz CT molecular complexity index is 3210. The van der Waals surface area contributed by atoms with E-state index in [-0.39, 0.29) is 18.5 Å². The standard InChI is InChI=1S/C51H36N4OS/c1-3-14-31(15-4-1)49-52-50(32-16-5-2-6-17-32)54-51(53-49)33-28-29-40-45(30-33)57-44-27-13-20-36(46(40)44)37-21-11-22-38-39-23-12-26-43(48(39)56-47(37)38)55-41-24-9-7-18-34(41)35-19-8-10-25-42(35)55/h1-30,49-54H. The molecule has 1 aliphatic heterocycles. The Balaban J connectivity index is 0.986. The van der Waals surface area contributed by atoms with Crippen molar-refractivity contribution < 1.29 is 4.42 Å². The molecule has 3 N–H and O–H groups in total. The van der Waals surface area contributed by atoms with Gasteiger partial charge < -0.3 is 8.98 Å². The SMILES string of the molecule is c1ccc(C2NC(c3ccccc3)NC(c3ccc4c(c3)sc3cccc(-c5cccc6c5oc5c(-n7c8ccccc8c8ccccc87)cccc56)c34)N2)cc1. The molecule has 1 fully saturated rings. The Hall–Kier alpha value is -6.54.